The molecule has 0 amide bonds. The Balaban J connectivity index is 2.02. The summed E-state index contributed by atoms with van der Waals surface area (Å²) in [6, 6.07) is 8.96. The molecule has 0 saturated heterocycles. The molecule has 2 rings (SSSR count). The number of nitrogens with two attached hydrogens (primary N) is 1. The molecule has 6 nitrogen and oxygen atoms in total. The van der Waals surface area contributed by atoms with Crippen molar-refractivity contribution in [1.29, 1.82) is 0 Å². The standard InChI is InChI=1S/C13H18N4O2S/c1-2-17-9-13(15-10-17)20(18,19)16-8-12(14)11-6-4-3-5-7-11/h3-7,9-10,12,16H,2,8,14H2,1H3. The highest BCUT2D eigenvalue weighted by Gasteiger charge is 2.18. The van der Waals surface area contributed by atoms with Crippen molar-refractivity contribution in [2.75, 3.05) is 6.54 Å². The molecule has 7 heteroatoms. The Morgan fingerprint density at radius 3 is 2.65 bits per heavy atom. The van der Waals surface area contributed by atoms with E-state index in [0.29, 0.717) is 6.54 Å². The first-order valence-electron chi connectivity index (χ1n) is 6.35. The smallest absolute Gasteiger partial charge is 0.259 e. The van der Waals surface area contributed by atoms with Crippen LogP contribution in [-0.2, 0) is 16.6 Å². The molecule has 0 bridgehead atoms. The van der Waals surface area contributed by atoms with Crippen LogP contribution < -0.4 is 10.5 Å². The number of sulfonamides is 1. The maximum absolute atomic E-state index is 12.1. The average molecular weight is 294 g/mol. The van der Waals surface area contributed by atoms with Crippen LogP contribution in [-0.4, -0.2) is 24.5 Å². The van der Waals surface area contributed by atoms with E-state index in [1.165, 1.54) is 12.5 Å². The first-order chi connectivity index (χ1) is 9.53. The van der Waals surface area contributed by atoms with Crippen LogP contribution >= 0.6 is 0 Å². The van der Waals surface area contributed by atoms with Crippen LogP contribution in [0.2, 0.25) is 0 Å². The molecule has 0 aliphatic carbocycles. The lowest BCUT2D eigenvalue weighted by Crippen LogP contribution is -2.32. The van der Waals surface area contributed by atoms with Gasteiger partial charge in [0.2, 0.25) is 0 Å². The van der Waals surface area contributed by atoms with Crippen molar-refractivity contribution in [3.8, 4) is 0 Å². The molecule has 2 aromatic rings. The second-order valence-corrected chi connectivity index (χ2v) is 6.13. The monoisotopic (exact) mass is 294 g/mol. The zero-order valence-electron chi connectivity index (χ0n) is 11.2. The number of rotatable bonds is 6. The van der Waals surface area contributed by atoms with Crippen molar-refractivity contribution in [3.63, 3.8) is 0 Å². The number of benzene rings is 1. The van der Waals surface area contributed by atoms with Gasteiger partial charge in [-0.1, -0.05) is 30.3 Å². The predicted molar refractivity (Wildman–Crippen MR) is 76.5 cm³/mol. The molecule has 1 atom stereocenters. The fourth-order valence-electron chi connectivity index (χ4n) is 1.74. The number of aryl methyl sites for hydroxylation is 1. The molecule has 108 valence electrons. The fraction of sp³-hybridized carbons (Fsp3) is 0.308. The summed E-state index contributed by atoms with van der Waals surface area (Å²) < 4.78 is 28.3. The van der Waals surface area contributed by atoms with Gasteiger partial charge in [0.25, 0.3) is 10.0 Å². The summed E-state index contributed by atoms with van der Waals surface area (Å²) in [7, 11) is -3.61. The van der Waals surface area contributed by atoms with Crippen molar-refractivity contribution >= 4 is 10.0 Å². The molecule has 0 aliphatic heterocycles. The second-order valence-electron chi connectivity index (χ2n) is 4.41. The highest BCUT2D eigenvalue weighted by molar-refractivity contribution is 7.89. The van der Waals surface area contributed by atoms with Crippen LogP contribution in [0, 0.1) is 0 Å². The summed E-state index contributed by atoms with van der Waals surface area (Å²) in [6.07, 6.45) is 2.99. The van der Waals surface area contributed by atoms with Gasteiger partial charge in [-0.15, -0.1) is 0 Å². The summed E-state index contributed by atoms with van der Waals surface area (Å²) in [5.74, 6) is 0. The van der Waals surface area contributed by atoms with Crippen LogP contribution in [0.4, 0.5) is 0 Å². The van der Waals surface area contributed by atoms with Gasteiger partial charge < -0.3 is 10.3 Å². The molecular formula is C13H18N4O2S. The first kappa shape index (κ1) is 14.7. The molecule has 20 heavy (non-hydrogen) atoms. The molecule has 3 N–H and O–H groups in total. The molecule has 0 aliphatic rings. The molecule has 0 saturated carbocycles. The van der Waals surface area contributed by atoms with E-state index in [0.717, 1.165) is 5.56 Å². The topological polar surface area (TPSA) is 90.0 Å². The number of imidazole rings is 1. The summed E-state index contributed by atoms with van der Waals surface area (Å²) in [4.78, 5) is 3.88. The Labute approximate surface area is 118 Å². The van der Waals surface area contributed by atoms with E-state index in [2.05, 4.69) is 9.71 Å². The molecule has 1 aromatic carbocycles. The van der Waals surface area contributed by atoms with Crippen molar-refractivity contribution in [2.24, 2.45) is 5.73 Å². The molecule has 0 spiro atoms. The summed E-state index contributed by atoms with van der Waals surface area (Å²) in [6.45, 7) is 2.72. The summed E-state index contributed by atoms with van der Waals surface area (Å²) >= 11 is 0. The number of aromatic nitrogens is 2. The third kappa shape index (κ3) is 3.44. The maximum atomic E-state index is 12.1. The van der Waals surface area contributed by atoms with Crippen LogP contribution in [0.1, 0.15) is 18.5 Å². The Hall–Kier alpha value is -1.70. The SMILES string of the molecule is CCn1cnc(S(=O)(=O)NCC(N)c2ccccc2)c1. The largest absolute Gasteiger partial charge is 0.336 e. The Bertz CT molecular complexity index is 652. The van der Waals surface area contributed by atoms with Crippen LogP contribution in [0.3, 0.4) is 0 Å². The van der Waals surface area contributed by atoms with Gasteiger partial charge in [0.15, 0.2) is 5.03 Å². The molecule has 1 unspecified atom stereocenters. The number of hydrogen-bond acceptors (Lipinski definition) is 4. The van der Waals surface area contributed by atoms with Crippen molar-refractivity contribution in [3.05, 3.63) is 48.4 Å². The van der Waals surface area contributed by atoms with E-state index in [9.17, 15) is 8.42 Å². The number of nitrogens with one attached hydrogen (secondary N) is 1. The Kier molecular flexibility index (Phi) is 4.53. The van der Waals surface area contributed by atoms with Gasteiger partial charge in [-0.05, 0) is 12.5 Å². The van der Waals surface area contributed by atoms with Gasteiger partial charge in [0.1, 0.15) is 0 Å². The minimum atomic E-state index is -3.61. The maximum Gasteiger partial charge on any atom is 0.259 e. The van der Waals surface area contributed by atoms with E-state index in [4.69, 9.17) is 5.73 Å². The van der Waals surface area contributed by atoms with E-state index in [-0.39, 0.29) is 17.6 Å². The lowest BCUT2D eigenvalue weighted by molar-refractivity contribution is 0.569. The van der Waals surface area contributed by atoms with Crippen LogP contribution in [0.25, 0.3) is 0 Å². The van der Waals surface area contributed by atoms with E-state index < -0.39 is 10.0 Å². The highest BCUT2D eigenvalue weighted by Crippen LogP contribution is 2.10. The van der Waals surface area contributed by atoms with Crippen LogP contribution in [0.15, 0.2) is 47.9 Å². The van der Waals surface area contributed by atoms with E-state index in [1.807, 2.05) is 37.3 Å². The van der Waals surface area contributed by atoms with E-state index >= 15 is 0 Å². The minimum Gasteiger partial charge on any atom is -0.336 e. The van der Waals surface area contributed by atoms with Crippen LogP contribution in [0.5, 0.6) is 0 Å². The van der Waals surface area contributed by atoms with Gasteiger partial charge in [0, 0.05) is 25.3 Å². The molecule has 0 fully saturated rings. The number of hydrogen-bond donors (Lipinski definition) is 2. The normalized spacial score (nSPS) is 13.3. The highest BCUT2D eigenvalue weighted by atomic mass is 32.2. The number of nitrogens with zero attached hydrogens (tertiary/aromatic N) is 2. The molecule has 1 aromatic heterocycles. The third-order valence-corrected chi connectivity index (χ3v) is 4.28. The lowest BCUT2D eigenvalue weighted by Gasteiger charge is -2.12. The molecular weight excluding hydrogens is 276 g/mol. The van der Waals surface area contributed by atoms with Crippen molar-refractivity contribution < 1.29 is 8.42 Å². The summed E-state index contributed by atoms with van der Waals surface area (Å²) in [5, 5.41) is 0.0135. The minimum absolute atomic E-state index is 0.0135. The van der Waals surface area contributed by atoms with Crippen molar-refractivity contribution in [2.45, 2.75) is 24.5 Å². The Morgan fingerprint density at radius 1 is 1.35 bits per heavy atom. The third-order valence-electron chi connectivity index (χ3n) is 2.97. The predicted octanol–water partition coefficient (Wildman–Crippen LogP) is 0.881. The average Bonchev–Trinajstić information content (AvgIpc) is 2.95. The van der Waals surface area contributed by atoms with Crippen molar-refractivity contribution in [1.82, 2.24) is 14.3 Å². The first-order valence-corrected chi connectivity index (χ1v) is 7.83. The molecule has 1 heterocycles. The summed E-state index contributed by atoms with van der Waals surface area (Å²) in [5.41, 5.74) is 6.84. The van der Waals surface area contributed by atoms with Gasteiger partial charge in [0.05, 0.1) is 6.33 Å². The zero-order chi connectivity index (χ0) is 14.6. The zero-order valence-corrected chi connectivity index (χ0v) is 12.0. The van der Waals surface area contributed by atoms with Gasteiger partial charge in [-0.25, -0.2) is 18.1 Å². The lowest BCUT2D eigenvalue weighted by atomic mass is 10.1. The molecule has 0 radical (unpaired) electrons. The Morgan fingerprint density at radius 2 is 2.05 bits per heavy atom. The van der Waals surface area contributed by atoms with E-state index in [1.54, 1.807) is 4.57 Å². The van der Waals surface area contributed by atoms with Gasteiger partial charge in [-0.3, -0.25) is 0 Å². The van der Waals surface area contributed by atoms with Gasteiger partial charge >= 0.3 is 0 Å². The fourth-order valence-corrected chi connectivity index (χ4v) is 2.75. The quantitative estimate of drug-likeness (QED) is 0.827. The van der Waals surface area contributed by atoms with Gasteiger partial charge in [-0.2, -0.15) is 0 Å². The second kappa shape index (κ2) is 6.17.